The van der Waals surface area contributed by atoms with Crippen molar-refractivity contribution < 1.29 is 0 Å². The molecule has 0 aliphatic carbocycles. The molecule has 0 saturated carbocycles. The van der Waals surface area contributed by atoms with Crippen LogP contribution in [0.4, 0.5) is 0 Å². The Labute approximate surface area is 108 Å². The predicted molar refractivity (Wildman–Crippen MR) is 75.1 cm³/mol. The first-order valence-corrected chi connectivity index (χ1v) is 7.10. The molecule has 0 radical (unpaired) electrons. The van der Waals surface area contributed by atoms with Crippen LogP contribution in [-0.2, 0) is 13.0 Å². The van der Waals surface area contributed by atoms with E-state index in [0.29, 0.717) is 4.83 Å². The van der Waals surface area contributed by atoms with Crippen molar-refractivity contribution in [2.24, 2.45) is 0 Å². The molecule has 1 N–H and O–H groups in total. The average molecular weight is 284 g/mol. The van der Waals surface area contributed by atoms with Crippen LogP contribution < -0.4 is 5.32 Å². The Hall–Kier alpha value is -0.340. The molecule has 1 atom stereocenters. The number of alkyl halides is 1. The summed E-state index contributed by atoms with van der Waals surface area (Å²) in [5, 5.41) is 3.47. The summed E-state index contributed by atoms with van der Waals surface area (Å²) >= 11 is 3.64. The predicted octanol–water partition coefficient (Wildman–Crippen LogP) is 3.90. The summed E-state index contributed by atoms with van der Waals surface area (Å²) in [6.45, 7) is 6.46. The minimum Gasteiger partial charge on any atom is -0.313 e. The molecule has 1 unspecified atom stereocenters. The first-order valence-electron chi connectivity index (χ1n) is 6.18. The molecule has 2 heteroatoms. The second kappa shape index (κ2) is 7.86. The Bertz CT molecular complexity index is 281. The number of hydrogen-bond acceptors (Lipinski definition) is 1. The van der Waals surface area contributed by atoms with E-state index in [0.717, 1.165) is 19.5 Å². The molecule has 0 aromatic heterocycles. The van der Waals surface area contributed by atoms with E-state index in [9.17, 15) is 0 Å². The number of aryl methyl sites for hydroxylation is 1. The molecule has 90 valence electrons. The third kappa shape index (κ3) is 5.13. The normalized spacial score (nSPS) is 12.7. The van der Waals surface area contributed by atoms with Gasteiger partial charge >= 0.3 is 0 Å². The van der Waals surface area contributed by atoms with Gasteiger partial charge in [-0.05, 0) is 36.9 Å². The van der Waals surface area contributed by atoms with Gasteiger partial charge in [-0.3, -0.25) is 0 Å². The first-order chi connectivity index (χ1) is 7.76. The summed E-state index contributed by atoms with van der Waals surface area (Å²) in [4.78, 5) is 0.655. The molecule has 0 amide bonds. The molecule has 16 heavy (non-hydrogen) atoms. The molecule has 1 aromatic rings. The van der Waals surface area contributed by atoms with E-state index in [-0.39, 0.29) is 0 Å². The van der Waals surface area contributed by atoms with Gasteiger partial charge in [0.15, 0.2) is 0 Å². The van der Waals surface area contributed by atoms with Crippen molar-refractivity contribution in [1.82, 2.24) is 5.32 Å². The fourth-order valence-electron chi connectivity index (χ4n) is 1.59. The Morgan fingerprint density at radius 1 is 1.12 bits per heavy atom. The van der Waals surface area contributed by atoms with Crippen molar-refractivity contribution in [1.29, 1.82) is 0 Å². The van der Waals surface area contributed by atoms with Gasteiger partial charge in [0.1, 0.15) is 0 Å². The molecule has 0 aliphatic heterocycles. The van der Waals surface area contributed by atoms with E-state index in [1.54, 1.807) is 0 Å². The SMILES string of the molecule is CCc1ccc(CNCCC(Br)CC)cc1. The summed E-state index contributed by atoms with van der Waals surface area (Å²) in [6, 6.07) is 8.88. The van der Waals surface area contributed by atoms with E-state index >= 15 is 0 Å². The van der Waals surface area contributed by atoms with Gasteiger partial charge in [0.05, 0.1) is 0 Å². The highest BCUT2D eigenvalue weighted by atomic mass is 79.9. The monoisotopic (exact) mass is 283 g/mol. The molecule has 0 bridgehead atoms. The maximum atomic E-state index is 3.64. The molecule has 0 aliphatic rings. The maximum Gasteiger partial charge on any atom is 0.0205 e. The summed E-state index contributed by atoms with van der Waals surface area (Å²) in [5.41, 5.74) is 2.79. The highest BCUT2D eigenvalue weighted by molar-refractivity contribution is 9.09. The van der Waals surface area contributed by atoms with E-state index in [1.165, 1.54) is 24.0 Å². The van der Waals surface area contributed by atoms with Crippen LogP contribution in [0.3, 0.4) is 0 Å². The number of halogens is 1. The van der Waals surface area contributed by atoms with Crippen LogP contribution >= 0.6 is 15.9 Å². The van der Waals surface area contributed by atoms with Crippen LogP contribution in [0.1, 0.15) is 37.8 Å². The van der Waals surface area contributed by atoms with Gasteiger partial charge in [0.2, 0.25) is 0 Å². The quantitative estimate of drug-likeness (QED) is 0.591. The lowest BCUT2D eigenvalue weighted by Gasteiger charge is -2.08. The number of nitrogens with one attached hydrogen (secondary N) is 1. The maximum absolute atomic E-state index is 3.64. The lowest BCUT2D eigenvalue weighted by Crippen LogP contribution is -2.17. The van der Waals surface area contributed by atoms with Crippen molar-refractivity contribution in [3.8, 4) is 0 Å². The molecule has 0 spiro atoms. The van der Waals surface area contributed by atoms with Gasteiger partial charge in [-0.2, -0.15) is 0 Å². The van der Waals surface area contributed by atoms with E-state index in [4.69, 9.17) is 0 Å². The lowest BCUT2D eigenvalue weighted by molar-refractivity contribution is 0.630. The molecule has 1 rings (SSSR count). The van der Waals surface area contributed by atoms with Crippen LogP contribution in [0.5, 0.6) is 0 Å². The number of rotatable bonds is 7. The van der Waals surface area contributed by atoms with Gasteiger partial charge < -0.3 is 5.32 Å². The molecule has 0 heterocycles. The fourth-order valence-corrected chi connectivity index (χ4v) is 1.82. The van der Waals surface area contributed by atoms with Gasteiger partial charge in [-0.25, -0.2) is 0 Å². The second-order valence-corrected chi connectivity index (χ2v) is 5.44. The van der Waals surface area contributed by atoms with E-state index in [1.807, 2.05) is 0 Å². The Morgan fingerprint density at radius 2 is 1.75 bits per heavy atom. The van der Waals surface area contributed by atoms with Gasteiger partial charge in [-0.15, -0.1) is 0 Å². The highest BCUT2D eigenvalue weighted by Gasteiger charge is 1.99. The summed E-state index contributed by atoms with van der Waals surface area (Å²) in [5.74, 6) is 0. The van der Waals surface area contributed by atoms with Crippen molar-refractivity contribution >= 4 is 15.9 Å². The lowest BCUT2D eigenvalue weighted by atomic mass is 10.1. The minimum atomic E-state index is 0.655. The number of hydrogen-bond donors (Lipinski definition) is 1. The highest BCUT2D eigenvalue weighted by Crippen LogP contribution is 2.08. The van der Waals surface area contributed by atoms with Gasteiger partial charge in [-0.1, -0.05) is 54.0 Å². The largest absolute Gasteiger partial charge is 0.313 e. The fraction of sp³-hybridized carbons (Fsp3) is 0.571. The third-order valence-corrected chi connectivity index (χ3v) is 3.94. The zero-order valence-electron chi connectivity index (χ0n) is 10.3. The van der Waals surface area contributed by atoms with Crippen molar-refractivity contribution in [3.05, 3.63) is 35.4 Å². The minimum absolute atomic E-state index is 0.655. The molecular formula is C14H22BrN. The Balaban J connectivity index is 2.21. The average Bonchev–Trinajstić information content (AvgIpc) is 2.35. The van der Waals surface area contributed by atoms with Crippen LogP contribution in [-0.4, -0.2) is 11.4 Å². The molecule has 0 saturated heterocycles. The summed E-state index contributed by atoms with van der Waals surface area (Å²) < 4.78 is 0. The molecular weight excluding hydrogens is 262 g/mol. The number of benzene rings is 1. The van der Waals surface area contributed by atoms with Crippen LogP contribution in [0.2, 0.25) is 0 Å². The zero-order valence-corrected chi connectivity index (χ0v) is 11.9. The molecule has 1 nitrogen and oxygen atoms in total. The van der Waals surface area contributed by atoms with Gasteiger partial charge in [0.25, 0.3) is 0 Å². The van der Waals surface area contributed by atoms with Crippen LogP contribution in [0, 0.1) is 0 Å². The standard InChI is InChI=1S/C14H22BrN/c1-3-12-5-7-13(8-6-12)11-16-10-9-14(15)4-2/h5-8,14,16H,3-4,9-11H2,1-2H3. The van der Waals surface area contributed by atoms with Crippen molar-refractivity contribution in [3.63, 3.8) is 0 Å². The topological polar surface area (TPSA) is 12.0 Å². The first kappa shape index (κ1) is 13.7. The van der Waals surface area contributed by atoms with Crippen molar-refractivity contribution in [2.45, 2.75) is 44.5 Å². The molecule has 1 aromatic carbocycles. The zero-order chi connectivity index (χ0) is 11.8. The van der Waals surface area contributed by atoms with Gasteiger partial charge in [0, 0.05) is 11.4 Å². The third-order valence-electron chi connectivity index (χ3n) is 2.84. The van der Waals surface area contributed by atoms with Crippen LogP contribution in [0.15, 0.2) is 24.3 Å². The second-order valence-electron chi connectivity index (χ2n) is 4.14. The molecule has 0 fully saturated rings. The summed E-state index contributed by atoms with van der Waals surface area (Å²) in [7, 11) is 0. The van der Waals surface area contributed by atoms with Crippen molar-refractivity contribution in [2.75, 3.05) is 6.54 Å². The summed E-state index contributed by atoms with van der Waals surface area (Å²) in [6.07, 6.45) is 3.52. The van der Waals surface area contributed by atoms with E-state index < -0.39 is 0 Å². The smallest absolute Gasteiger partial charge is 0.0205 e. The van der Waals surface area contributed by atoms with Crippen LogP contribution in [0.25, 0.3) is 0 Å². The Morgan fingerprint density at radius 3 is 2.31 bits per heavy atom. The van der Waals surface area contributed by atoms with E-state index in [2.05, 4.69) is 59.4 Å². The Kier molecular flexibility index (Phi) is 6.74.